The minimum Gasteiger partial charge on any atom is -0.304 e. The van der Waals surface area contributed by atoms with Gasteiger partial charge in [0.15, 0.2) is 0 Å². The van der Waals surface area contributed by atoms with E-state index in [-0.39, 0.29) is 17.1 Å². The number of nitrogens with zero attached hydrogens (tertiary/aromatic N) is 2. The number of halogens is 2. The summed E-state index contributed by atoms with van der Waals surface area (Å²) < 4.78 is 0.856. The van der Waals surface area contributed by atoms with Crippen LogP contribution in [0.4, 0.5) is 11.4 Å². The number of hydrogen-bond acceptors (Lipinski definition) is 3. The Morgan fingerprint density at radius 1 is 1.03 bits per heavy atom. The molecule has 0 radical (unpaired) electrons. The molecule has 0 N–H and O–H groups in total. The van der Waals surface area contributed by atoms with E-state index in [1.165, 1.54) is 11.8 Å². The van der Waals surface area contributed by atoms with E-state index in [0.29, 0.717) is 17.3 Å². The van der Waals surface area contributed by atoms with Crippen LogP contribution in [0, 0.1) is 0 Å². The van der Waals surface area contributed by atoms with E-state index in [1.54, 1.807) is 9.80 Å². The SMILES string of the molecule is C[C@H]1S[C@]2(C(=O)N(Cc3ccc(Cl)cc3)c3ccccc32)N(c2cccc(Br)c2)C1=O. The smallest absolute Gasteiger partial charge is 0.269 e. The lowest BCUT2D eigenvalue weighted by Crippen LogP contribution is -2.49. The van der Waals surface area contributed by atoms with Crippen LogP contribution in [-0.4, -0.2) is 17.1 Å². The average Bonchev–Trinajstić information content (AvgIpc) is 3.16. The van der Waals surface area contributed by atoms with Crippen LogP contribution >= 0.6 is 39.3 Å². The fourth-order valence-electron chi connectivity index (χ4n) is 4.28. The molecule has 1 fully saturated rings. The van der Waals surface area contributed by atoms with Gasteiger partial charge in [0.25, 0.3) is 5.91 Å². The molecule has 2 atom stereocenters. The van der Waals surface area contributed by atoms with E-state index in [0.717, 1.165) is 21.3 Å². The molecule has 0 aromatic heterocycles. The molecule has 5 rings (SSSR count). The molecule has 0 unspecified atom stereocenters. The first-order valence-corrected chi connectivity index (χ1v) is 11.9. The highest BCUT2D eigenvalue weighted by Gasteiger charge is 2.63. The third-order valence-electron chi connectivity index (χ3n) is 5.65. The van der Waals surface area contributed by atoms with E-state index in [9.17, 15) is 9.59 Å². The number of para-hydroxylation sites is 1. The zero-order valence-corrected chi connectivity index (χ0v) is 19.7. The van der Waals surface area contributed by atoms with Crippen LogP contribution in [0.25, 0.3) is 0 Å². The molecule has 3 aromatic rings. The Bertz CT molecular complexity index is 1200. The standard InChI is InChI=1S/C24H18BrClN2O2S/c1-15-22(29)28(19-6-4-5-17(25)13-19)24(31-15)20-7-2-3-8-21(20)27(23(24)30)14-16-9-11-18(26)12-10-16/h2-13,15H,14H2,1H3/t15-,24-/m1/s1. The molecule has 2 aliphatic rings. The number of anilines is 2. The molecule has 4 nitrogen and oxygen atoms in total. The topological polar surface area (TPSA) is 40.6 Å². The molecule has 0 saturated carbocycles. The predicted molar refractivity (Wildman–Crippen MR) is 129 cm³/mol. The lowest BCUT2D eigenvalue weighted by Gasteiger charge is -2.33. The van der Waals surface area contributed by atoms with Gasteiger partial charge < -0.3 is 4.90 Å². The molecule has 2 heterocycles. The molecule has 2 amide bonds. The molecule has 1 saturated heterocycles. The summed E-state index contributed by atoms with van der Waals surface area (Å²) in [6.07, 6.45) is 0. The number of rotatable bonds is 3. The average molecular weight is 514 g/mol. The van der Waals surface area contributed by atoms with Crippen LogP contribution in [0.5, 0.6) is 0 Å². The van der Waals surface area contributed by atoms with Crippen LogP contribution in [0.2, 0.25) is 5.02 Å². The van der Waals surface area contributed by atoms with E-state index in [4.69, 9.17) is 11.6 Å². The normalized spacial score (nSPS) is 22.5. The van der Waals surface area contributed by atoms with Crippen LogP contribution in [0.3, 0.4) is 0 Å². The van der Waals surface area contributed by atoms with Crippen molar-refractivity contribution in [3.8, 4) is 0 Å². The zero-order valence-electron chi connectivity index (χ0n) is 16.6. The monoisotopic (exact) mass is 512 g/mol. The summed E-state index contributed by atoms with van der Waals surface area (Å²) in [4.78, 5) is 29.8. The molecule has 0 bridgehead atoms. The number of hydrogen-bond donors (Lipinski definition) is 0. The van der Waals surface area contributed by atoms with Crippen molar-refractivity contribution in [2.75, 3.05) is 9.80 Å². The molecular weight excluding hydrogens is 496 g/mol. The molecule has 3 aromatic carbocycles. The van der Waals surface area contributed by atoms with E-state index in [2.05, 4.69) is 15.9 Å². The zero-order chi connectivity index (χ0) is 21.8. The maximum Gasteiger partial charge on any atom is 0.269 e. The minimum absolute atomic E-state index is 0.0698. The molecular formula is C24H18BrClN2O2S. The molecule has 31 heavy (non-hydrogen) atoms. The molecule has 7 heteroatoms. The van der Waals surface area contributed by atoms with Gasteiger partial charge in [-0.05, 0) is 48.9 Å². The fraction of sp³-hybridized carbons (Fsp3) is 0.167. The van der Waals surface area contributed by atoms with E-state index < -0.39 is 4.87 Å². The van der Waals surface area contributed by atoms with Crippen molar-refractivity contribution in [2.45, 2.75) is 23.6 Å². The van der Waals surface area contributed by atoms with Gasteiger partial charge in [-0.3, -0.25) is 14.5 Å². The van der Waals surface area contributed by atoms with Gasteiger partial charge in [-0.2, -0.15) is 0 Å². The Morgan fingerprint density at radius 2 is 1.77 bits per heavy atom. The highest BCUT2D eigenvalue weighted by molar-refractivity contribution is 9.10. The van der Waals surface area contributed by atoms with Crippen molar-refractivity contribution in [1.82, 2.24) is 0 Å². The summed E-state index contributed by atoms with van der Waals surface area (Å²) in [5.74, 6) is -0.175. The number of carbonyl (C=O) groups excluding carboxylic acids is 2. The molecule has 156 valence electrons. The van der Waals surface area contributed by atoms with Gasteiger partial charge in [0.1, 0.15) is 0 Å². The fourth-order valence-corrected chi connectivity index (χ4v) is 6.33. The third-order valence-corrected chi connectivity index (χ3v) is 7.86. The first kappa shape index (κ1) is 20.6. The van der Waals surface area contributed by atoms with Gasteiger partial charge in [-0.1, -0.05) is 63.9 Å². The Hall–Kier alpha value is -2.28. The second-order valence-electron chi connectivity index (χ2n) is 7.59. The van der Waals surface area contributed by atoms with Gasteiger partial charge in [0.2, 0.25) is 10.8 Å². The summed E-state index contributed by atoms with van der Waals surface area (Å²) in [5, 5.41) is 0.312. The highest BCUT2D eigenvalue weighted by Crippen LogP contribution is 2.58. The van der Waals surface area contributed by atoms with Crippen molar-refractivity contribution >= 4 is 62.5 Å². The second kappa shape index (κ2) is 7.69. The van der Waals surface area contributed by atoms with Gasteiger partial charge in [0, 0.05) is 20.7 Å². The third kappa shape index (κ3) is 3.20. The number of fused-ring (bicyclic) bond motifs is 2. The number of carbonyl (C=O) groups is 2. The van der Waals surface area contributed by atoms with Crippen molar-refractivity contribution < 1.29 is 9.59 Å². The van der Waals surface area contributed by atoms with Gasteiger partial charge >= 0.3 is 0 Å². The van der Waals surface area contributed by atoms with Gasteiger partial charge in [0.05, 0.1) is 17.5 Å². The highest BCUT2D eigenvalue weighted by atomic mass is 79.9. The Balaban J connectivity index is 1.66. The summed E-state index contributed by atoms with van der Waals surface area (Å²) in [6, 6.07) is 22.8. The number of amides is 2. The van der Waals surface area contributed by atoms with Crippen LogP contribution < -0.4 is 9.80 Å². The number of benzene rings is 3. The van der Waals surface area contributed by atoms with Crippen LogP contribution in [0.15, 0.2) is 77.3 Å². The van der Waals surface area contributed by atoms with Crippen LogP contribution in [0.1, 0.15) is 18.1 Å². The van der Waals surface area contributed by atoms with E-state index in [1.807, 2.05) is 79.7 Å². The lowest BCUT2D eigenvalue weighted by atomic mass is 10.0. The van der Waals surface area contributed by atoms with Crippen molar-refractivity contribution in [3.63, 3.8) is 0 Å². The van der Waals surface area contributed by atoms with Crippen LogP contribution in [-0.2, 0) is 21.0 Å². The quantitative estimate of drug-likeness (QED) is 0.433. The molecule has 2 aliphatic heterocycles. The summed E-state index contributed by atoms with van der Waals surface area (Å²) in [6.45, 7) is 2.27. The largest absolute Gasteiger partial charge is 0.304 e. The first-order valence-electron chi connectivity index (χ1n) is 9.85. The second-order valence-corrected chi connectivity index (χ2v) is 10.5. The Labute approximate surface area is 198 Å². The predicted octanol–water partition coefficient (Wildman–Crippen LogP) is 5.97. The van der Waals surface area contributed by atoms with Crippen molar-refractivity contribution in [2.24, 2.45) is 0 Å². The van der Waals surface area contributed by atoms with Gasteiger partial charge in [-0.15, -0.1) is 11.8 Å². The van der Waals surface area contributed by atoms with Gasteiger partial charge in [-0.25, -0.2) is 0 Å². The lowest BCUT2D eigenvalue weighted by molar-refractivity contribution is -0.124. The summed E-state index contributed by atoms with van der Waals surface area (Å²) in [5.41, 5.74) is 3.35. The molecule has 0 aliphatic carbocycles. The Morgan fingerprint density at radius 3 is 2.52 bits per heavy atom. The summed E-state index contributed by atoms with van der Waals surface area (Å²) >= 11 is 10.9. The number of thioether (sulfide) groups is 1. The Kier molecular flexibility index (Phi) is 5.12. The van der Waals surface area contributed by atoms with Crippen molar-refractivity contribution in [1.29, 1.82) is 0 Å². The minimum atomic E-state index is -1.12. The maximum absolute atomic E-state index is 14.1. The van der Waals surface area contributed by atoms with Crippen molar-refractivity contribution in [3.05, 3.63) is 93.4 Å². The molecule has 1 spiro atoms. The maximum atomic E-state index is 14.1. The van der Waals surface area contributed by atoms with E-state index >= 15 is 0 Å². The first-order chi connectivity index (χ1) is 14.9. The summed E-state index contributed by atoms with van der Waals surface area (Å²) in [7, 11) is 0.